The maximum Gasteiger partial charge on any atom is 0.0471 e. The van der Waals surface area contributed by atoms with Crippen LogP contribution >= 0.6 is 11.6 Å². The van der Waals surface area contributed by atoms with Crippen LogP contribution in [0.1, 0.15) is 53.0 Å². The predicted molar refractivity (Wildman–Crippen MR) is 88.7 cm³/mol. The fourth-order valence-corrected chi connectivity index (χ4v) is 3.04. The minimum atomic E-state index is 0.110. The van der Waals surface area contributed by atoms with Crippen LogP contribution in [0.25, 0.3) is 0 Å². The molecule has 2 rings (SSSR count). The lowest BCUT2D eigenvalue weighted by Crippen LogP contribution is -2.38. The van der Waals surface area contributed by atoms with Crippen LogP contribution in [0.4, 0.5) is 5.69 Å². The number of anilines is 1. The number of halogens is 1. The summed E-state index contributed by atoms with van der Waals surface area (Å²) in [6.07, 6.45) is 2.51. The minimum Gasteiger partial charge on any atom is -0.366 e. The summed E-state index contributed by atoms with van der Waals surface area (Å²) in [5.74, 6) is 0. The molecule has 1 aromatic rings. The van der Waals surface area contributed by atoms with Crippen LogP contribution in [0.3, 0.4) is 0 Å². The predicted octanol–water partition coefficient (Wildman–Crippen LogP) is 4.61. The quantitative estimate of drug-likeness (QED) is 0.876. The Bertz CT molecular complexity index is 474. The first-order valence-electron chi connectivity index (χ1n) is 7.50. The summed E-state index contributed by atoms with van der Waals surface area (Å²) in [5.41, 5.74) is 2.77. The fourth-order valence-electron chi connectivity index (χ4n) is 2.79. The normalized spacial score (nSPS) is 18.6. The van der Waals surface area contributed by atoms with E-state index in [4.69, 9.17) is 11.6 Å². The fraction of sp³-hybridized carbons (Fsp3) is 0.647. The van der Waals surface area contributed by atoms with Gasteiger partial charge in [-0.25, -0.2) is 0 Å². The van der Waals surface area contributed by atoms with Crippen molar-refractivity contribution in [3.05, 3.63) is 28.8 Å². The van der Waals surface area contributed by atoms with E-state index in [-0.39, 0.29) is 11.1 Å². The van der Waals surface area contributed by atoms with Crippen molar-refractivity contribution in [1.82, 2.24) is 5.32 Å². The lowest BCUT2D eigenvalue weighted by molar-refractivity contribution is 0.424. The van der Waals surface area contributed by atoms with E-state index in [0.29, 0.717) is 0 Å². The number of nitrogens with one attached hydrogen (secondary N) is 1. The molecule has 0 atom stereocenters. The van der Waals surface area contributed by atoms with E-state index in [1.807, 2.05) is 0 Å². The first-order chi connectivity index (χ1) is 9.19. The lowest BCUT2D eigenvalue weighted by atomic mass is 10.0. The average Bonchev–Trinajstić information content (AvgIpc) is 2.66. The molecule has 0 saturated carbocycles. The van der Waals surface area contributed by atoms with Crippen molar-refractivity contribution in [3.8, 4) is 0 Å². The molecular weight excluding hydrogens is 268 g/mol. The van der Waals surface area contributed by atoms with Crippen LogP contribution < -0.4 is 10.2 Å². The Labute approximate surface area is 128 Å². The van der Waals surface area contributed by atoms with Crippen LogP contribution in [-0.2, 0) is 6.54 Å². The Kier molecular flexibility index (Phi) is 4.36. The molecule has 1 aliphatic heterocycles. The molecule has 0 aliphatic carbocycles. The lowest BCUT2D eigenvalue weighted by Gasteiger charge is -2.34. The van der Waals surface area contributed by atoms with E-state index in [2.05, 4.69) is 63.0 Å². The van der Waals surface area contributed by atoms with Crippen LogP contribution in [0.5, 0.6) is 0 Å². The van der Waals surface area contributed by atoms with Gasteiger partial charge in [-0.2, -0.15) is 0 Å². The zero-order chi connectivity index (χ0) is 15.0. The zero-order valence-corrected chi connectivity index (χ0v) is 14.1. The molecule has 0 radical (unpaired) electrons. The van der Waals surface area contributed by atoms with E-state index in [1.165, 1.54) is 24.1 Å². The van der Waals surface area contributed by atoms with Crippen molar-refractivity contribution in [2.24, 2.45) is 0 Å². The second kappa shape index (κ2) is 5.57. The molecule has 20 heavy (non-hydrogen) atoms. The van der Waals surface area contributed by atoms with E-state index in [0.717, 1.165) is 18.1 Å². The highest BCUT2D eigenvalue weighted by Crippen LogP contribution is 2.35. The smallest absolute Gasteiger partial charge is 0.0471 e. The Balaban J connectivity index is 2.14. The number of nitrogens with zero attached hydrogens (tertiary/aromatic N) is 1. The van der Waals surface area contributed by atoms with E-state index in [1.54, 1.807) is 0 Å². The van der Waals surface area contributed by atoms with Gasteiger partial charge < -0.3 is 10.2 Å². The highest BCUT2D eigenvalue weighted by molar-refractivity contribution is 6.31. The van der Waals surface area contributed by atoms with Crippen LogP contribution in [-0.4, -0.2) is 17.6 Å². The number of hydrogen-bond acceptors (Lipinski definition) is 2. The summed E-state index contributed by atoms with van der Waals surface area (Å²) >= 11 is 6.46. The molecule has 2 nitrogen and oxygen atoms in total. The molecule has 3 heteroatoms. The van der Waals surface area contributed by atoms with Gasteiger partial charge in [-0.3, -0.25) is 0 Å². The SMILES string of the molecule is CC(C)(C)NCc1ccc(N2CCCC2(C)C)cc1Cl. The Morgan fingerprint density at radius 2 is 2.00 bits per heavy atom. The van der Waals surface area contributed by atoms with Gasteiger partial charge in [-0.1, -0.05) is 17.7 Å². The van der Waals surface area contributed by atoms with Crippen molar-refractivity contribution in [2.75, 3.05) is 11.4 Å². The van der Waals surface area contributed by atoms with Crippen molar-refractivity contribution in [1.29, 1.82) is 0 Å². The second-order valence-electron chi connectivity index (χ2n) is 7.45. The van der Waals surface area contributed by atoms with Gasteiger partial charge in [0.05, 0.1) is 0 Å². The highest BCUT2D eigenvalue weighted by atomic mass is 35.5. The molecule has 112 valence electrons. The van der Waals surface area contributed by atoms with Gasteiger partial charge in [0.1, 0.15) is 0 Å². The molecule has 1 N–H and O–H groups in total. The number of benzene rings is 1. The van der Waals surface area contributed by atoms with E-state index >= 15 is 0 Å². The Morgan fingerprint density at radius 3 is 2.50 bits per heavy atom. The summed E-state index contributed by atoms with van der Waals surface area (Å²) in [7, 11) is 0. The van der Waals surface area contributed by atoms with Gasteiger partial charge in [-0.15, -0.1) is 0 Å². The molecule has 1 fully saturated rings. The van der Waals surface area contributed by atoms with Gasteiger partial charge in [0, 0.05) is 34.9 Å². The second-order valence-corrected chi connectivity index (χ2v) is 7.85. The number of rotatable bonds is 3. The molecule has 0 aromatic heterocycles. The molecule has 0 spiro atoms. The van der Waals surface area contributed by atoms with Crippen molar-refractivity contribution in [2.45, 2.75) is 65.1 Å². The van der Waals surface area contributed by atoms with Gasteiger partial charge in [0.25, 0.3) is 0 Å². The third-order valence-electron chi connectivity index (χ3n) is 4.06. The molecular formula is C17H27ClN2. The molecule has 1 saturated heterocycles. The molecule has 1 heterocycles. The van der Waals surface area contributed by atoms with Crippen LogP contribution in [0.2, 0.25) is 5.02 Å². The van der Waals surface area contributed by atoms with Crippen LogP contribution in [0, 0.1) is 0 Å². The van der Waals surface area contributed by atoms with Crippen molar-refractivity contribution in [3.63, 3.8) is 0 Å². The third kappa shape index (κ3) is 3.67. The van der Waals surface area contributed by atoms with Crippen molar-refractivity contribution < 1.29 is 0 Å². The summed E-state index contributed by atoms with van der Waals surface area (Å²) in [5, 5.41) is 4.35. The maximum atomic E-state index is 6.46. The monoisotopic (exact) mass is 294 g/mol. The number of hydrogen-bond donors (Lipinski definition) is 1. The molecule has 0 bridgehead atoms. The van der Waals surface area contributed by atoms with Gasteiger partial charge >= 0.3 is 0 Å². The molecule has 1 aliphatic rings. The van der Waals surface area contributed by atoms with Crippen LogP contribution in [0.15, 0.2) is 18.2 Å². The summed E-state index contributed by atoms with van der Waals surface area (Å²) < 4.78 is 0. The average molecular weight is 295 g/mol. The first kappa shape index (κ1) is 15.7. The third-order valence-corrected chi connectivity index (χ3v) is 4.41. The minimum absolute atomic E-state index is 0.110. The first-order valence-corrected chi connectivity index (χ1v) is 7.88. The van der Waals surface area contributed by atoms with Gasteiger partial charge in [0.2, 0.25) is 0 Å². The molecule has 1 aromatic carbocycles. The van der Waals surface area contributed by atoms with E-state index < -0.39 is 0 Å². The largest absolute Gasteiger partial charge is 0.366 e. The molecule has 0 unspecified atom stereocenters. The Hall–Kier alpha value is -0.730. The molecule has 0 amide bonds. The zero-order valence-electron chi connectivity index (χ0n) is 13.4. The summed E-state index contributed by atoms with van der Waals surface area (Å²) in [4.78, 5) is 2.47. The van der Waals surface area contributed by atoms with Crippen molar-refractivity contribution >= 4 is 17.3 Å². The standard InChI is InChI=1S/C17H27ClN2/c1-16(2,3)19-12-13-7-8-14(11-15(13)18)20-10-6-9-17(20,4)5/h7-8,11,19H,6,9-10,12H2,1-5H3. The Morgan fingerprint density at radius 1 is 1.30 bits per heavy atom. The maximum absolute atomic E-state index is 6.46. The summed E-state index contributed by atoms with van der Waals surface area (Å²) in [6, 6.07) is 6.48. The topological polar surface area (TPSA) is 15.3 Å². The highest BCUT2D eigenvalue weighted by Gasteiger charge is 2.32. The van der Waals surface area contributed by atoms with E-state index in [9.17, 15) is 0 Å². The van der Waals surface area contributed by atoms with Gasteiger partial charge in [-0.05, 0) is 65.2 Å². The summed E-state index contributed by atoms with van der Waals surface area (Å²) in [6.45, 7) is 13.1. The van der Waals surface area contributed by atoms with Gasteiger partial charge in [0.15, 0.2) is 0 Å².